The molecule has 25 heavy (non-hydrogen) atoms. The normalized spacial score (nSPS) is 9.36. The van der Waals surface area contributed by atoms with Crippen molar-refractivity contribution in [1.82, 2.24) is 0 Å². The third-order valence-electron chi connectivity index (χ3n) is 2.87. The third-order valence-corrected chi connectivity index (χ3v) is 2.87. The second-order valence-corrected chi connectivity index (χ2v) is 4.52. The van der Waals surface area contributed by atoms with Crippen LogP contribution in [0.2, 0.25) is 0 Å². The van der Waals surface area contributed by atoms with Crippen molar-refractivity contribution in [2.45, 2.75) is 6.92 Å². The van der Waals surface area contributed by atoms with Crippen molar-refractivity contribution in [2.75, 3.05) is 19.2 Å². The molecule has 0 aromatic heterocycles. The van der Waals surface area contributed by atoms with Crippen molar-refractivity contribution < 1.29 is 31.9 Å². The zero-order chi connectivity index (χ0) is 19.7. The van der Waals surface area contributed by atoms with E-state index in [0.29, 0.717) is 5.56 Å². The summed E-state index contributed by atoms with van der Waals surface area (Å²) < 4.78 is 61.6. The van der Waals surface area contributed by atoms with Crippen molar-refractivity contribution in [3.63, 3.8) is 0 Å². The van der Waals surface area contributed by atoms with Crippen LogP contribution in [-0.4, -0.2) is 25.6 Å². The number of halogens is 5. The Morgan fingerprint density at radius 1 is 0.880 bits per heavy atom. The average molecular weight is 364 g/mol. The van der Waals surface area contributed by atoms with E-state index in [4.69, 9.17) is 10.9 Å². The predicted molar refractivity (Wildman–Crippen MR) is 83.5 cm³/mol. The van der Waals surface area contributed by atoms with Crippen LogP contribution in [0, 0.1) is 36.0 Å². The number of anilines is 1. The van der Waals surface area contributed by atoms with Gasteiger partial charge in [-0.2, -0.15) is 0 Å². The summed E-state index contributed by atoms with van der Waals surface area (Å²) in [4.78, 5) is 10.2. The van der Waals surface area contributed by atoms with E-state index in [2.05, 4.69) is 0 Å². The van der Waals surface area contributed by atoms with Gasteiger partial charge in [0, 0.05) is 25.3 Å². The molecule has 2 aromatic carbocycles. The van der Waals surface area contributed by atoms with Gasteiger partial charge in [0.25, 0.3) is 0 Å². The quantitative estimate of drug-likeness (QED) is 0.215. The Labute approximate surface area is 141 Å². The Bertz CT molecular complexity index is 602. The van der Waals surface area contributed by atoms with Crippen LogP contribution in [0.5, 0.6) is 0 Å². The van der Waals surface area contributed by atoms with Gasteiger partial charge in [-0.3, -0.25) is 4.79 Å². The number of hydrogen-bond acceptors (Lipinski definition) is 4. The molecule has 2 aromatic rings. The Hall–Kier alpha value is -2.52. The SMILES string of the molecule is CN(N)c1ccc(C=O)cc1.CO.Cc1c(F)c(F)c(F)c(F)c1F. The van der Waals surface area contributed by atoms with Crippen LogP contribution in [0.3, 0.4) is 0 Å². The first-order valence-corrected chi connectivity index (χ1v) is 6.67. The zero-order valence-corrected chi connectivity index (χ0v) is 13.7. The molecule has 0 amide bonds. The summed E-state index contributed by atoms with van der Waals surface area (Å²) in [6.07, 6.45) is 0.806. The molecule has 0 aliphatic rings. The summed E-state index contributed by atoms with van der Waals surface area (Å²) in [6, 6.07) is 7.05. The maximum absolute atomic E-state index is 12.4. The molecule has 9 heteroatoms. The van der Waals surface area contributed by atoms with Gasteiger partial charge in [0.05, 0.1) is 5.69 Å². The Morgan fingerprint density at radius 2 is 1.24 bits per heavy atom. The van der Waals surface area contributed by atoms with Gasteiger partial charge in [-0.1, -0.05) is 0 Å². The number of aliphatic hydroxyl groups excluding tert-OH is 1. The number of hydrazine groups is 1. The van der Waals surface area contributed by atoms with Crippen LogP contribution in [0.1, 0.15) is 15.9 Å². The van der Waals surface area contributed by atoms with Crippen LogP contribution in [0.15, 0.2) is 24.3 Å². The zero-order valence-electron chi connectivity index (χ0n) is 13.7. The fraction of sp³-hybridized carbons (Fsp3) is 0.188. The first-order chi connectivity index (χ1) is 11.7. The fourth-order valence-electron chi connectivity index (χ4n) is 1.50. The monoisotopic (exact) mass is 364 g/mol. The van der Waals surface area contributed by atoms with Crippen molar-refractivity contribution in [3.05, 3.63) is 64.5 Å². The lowest BCUT2D eigenvalue weighted by molar-refractivity contribution is 0.112. The lowest BCUT2D eigenvalue weighted by Gasteiger charge is -2.10. The van der Waals surface area contributed by atoms with Gasteiger partial charge >= 0.3 is 0 Å². The molecule has 2 rings (SSSR count). The molecule has 0 unspecified atom stereocenters. The highest BCUT2D eigenvalue weighted by atomic mass is 19.2. The summed E-state index contributed by atoms with van der Waals surface area (Å²) in [5.41, 5.74) is 0.678. The smallest absolute Gasteiger partial charge is 0.200 e. The van der Waals surface area contributed by atoms with E-state index in [9.17, 15) is 26.7 Å². The molecule has 0 radical (unpaired) electrons. The number of carbonyl (C=O) groups excluding carboxylic acids is 1. The number of aldehydes is 1. The molecule has 0 aliphatic carbocycles. The molecule has 0 heterocycles. The van der Waals surface area contributed by atoms with E-state index in [1.165, 1.54) is 5.01 Å². The molecule has 0 saturated carbocycles. The Balaban J connectivity index is 0.000000421. The van der Waals surface area contributed by atoms with Gasteiger partial charge in [0.15, 0.2) is 23.3 Å². The van der Waals surface area contributed by atoms with Gasteiger partial charge in [0.1, 0.15) is 6.29 Å². The molecule has 0 saturated heterocycles. The highest BCUT2D eigenvalue weighted by Crippen LogP contribution is 2.21. The summed E-state index contributed by atoms with van der Waals surface area (Å²) in [5.74, 6) is -4.07. The third kappa shape index (κ3) is 5.80. The Kier molecular flexibility index (Phi) is 9.32. The van der Waals surface area contributed by atoms with Gasteiger partial charge in [-0.25, -0.2) is 27.8 Å². The highest BCUT2D eigenvalue weighted by Gasteiger charge is 2.22. The molecule has 0 atom stereocenters. The van der Waals surface area contributed by atoms with E-state index in [1.54, 1.807) is 31.3 Å². The van der Waals surface area contributed by atoms with Gasteiger partial charge in [-0.05, 0) is 31.2 Å². The van der Waals surface area contributed by atoms with E-state index in [-0.39, 0.29) is 0 Å². The van der Waals surface area contributed by atoms with Crippen molar-refractivity contribution >= 4 is 12.0 Å². The van der Waals surface area contributed by atoms with E-state index in [1.807, 2.05) is 0 Å². The van der Waals surface area contributed by atoms with Crippen LogP contribution < -0.4 is 10.9 Å². The van der Waals surface area contributed by atoms with E-state index < -0.39 is 34.6 Å². The second-order valence-electron chi connectivity index (χ2n) is 4.52. The minimum Gasteiger partial charge on any atom is -0.400 e. The number of aliphatic hydroxyl groups is 1. The minimum atomic E-state index is -2.13. The molecule has 0 spiro atoms. The lowest BCUT2D eigenvalue weighted by Crippen LogP contribution is -2.24. The van der Waals surface area contributed by atoms with Crippen LogP contribution in [-0.2, 0) is 0 Å². The summed E-state index contributed by atoms with van der Waals surface area (Å²) in [5, 5.41) is 8.49. The maximum atomic E-state index is 12.4. The fourth-order valence-corrected chi connectivity index (χ4v) is 1.50. The number of nitrogens with two attached hydrogens (primary N) is 1. The van der Waals surface area contributed by atoms with Crippen LogP contribution in [0.4, 0.5) is 27.6 Å². The summed E-state index contributed by atoms with van der Waals surface area (Å²) in [7, 11) is 2.75. The topological polar surface area (TPSA) is 66.6 Å². The number of hydrogen-bond donors (Lipinski definition) is 2. The first kappa shape index (κ1) is 22.5. The predicted octanol–water partition coefficient (Wildman–Crippen LogP) is 3.11. The van der Waals surface area contributed by atoms with E-state index >= 15 is 0 Å². The van der Waals surface area contributed by atoms with Gasteiger partial charge in [0.2, 0.25) is 5.82 Å². The van der Waals surface area contributed by atoms with Crippen molar-refractivity contribution in [1.29, 1.82) is 0 Å². The standard InChI is InChI=1S/C8H10N2O.C7H3F5.CH4O/c1-10(9)8-4-2-7(6-11)3-5-8;1-2-3(8)5(10)7(12)6(11)4(2)9;1-2/h2-6H,9H2,1H3;1H3;2H,1H3. The molecular weight excluding hydrogens is 347 g/mol. The molecule has 0 bridgehead atoms. The maximum Gasteiger partial charge on any atom is 0.200 e. The number of rotatable bonds is 2. The first-order valence-electron chi connectivity index (χ1n) is 6.67. The lowest BCUT2D eigenvalue weighted by atomic mass is 10.2. The van der Waals surface area contributed by atoms with Gasteiger partial charge in [-0.15, -0.1) is 0 Å². The Morgan fingerprint density at radius 3 is 1.56 bits per heavy atom. The number of carbonyl (C=O) groups is 1. The summed E-state index contributed by atoms with van der Waals surface area (Å²) in [6.45, 7) is 0.816. The molecule has 3 N–H and O–H groups in total. The largest absolute Gasteiger partial charge is 0.400 e. The number of nitrogens with zero attached hydrogens (tertiary/aromatic N) is 1. The molecule has 0 aliphatic heterocycles. The van der Waals surface area contributed by atoms with Crippen molar-refractivity contribution in [2.24, 2.45) is 5.84 Å². The highest BCUT2D eigenvalue weighted by molar-refractivity contribution is 5.75. The minimum absolute atomic E-state index is 0.663. The molecule has 138 valence electrons. The number of benzene rings is 2. The molecular formula is C16H17F5N2O2. The van der Waals surface area contributed by atoms with Crippen LogP contribution in [0.25, 0.3) is 0 Å². The molecule has 0 fully saturated rings. The van der Waals surface area contributed by atoms with Crippen LogP contribution >= 0.6 is 0 Å². The summed E-state index contributed by atoms with van der Waals surface area (Å²) >= 11 is 0. The van der Waals surface area contributed by atoms with E-state index in [0.717, 1.165) is 26.0 Å². The van der Waals surface area contributed by atoms with Gasteiger partial charge < -0.3 is 10.1 Å². The molecule has 4 nitrogen and oxygen atoms in total. The average Bonchev–Trinajstić information content (AvgIpc) is 2.65. The van der Waals surface area contributed by atoms with Crippen molar-refractivity contribution in [3.8, 4) is 0 Å². The second kappa shape index (κ2) is 10.4.